The van der Waals surface area contributed by atoms with Gasteiger partial charge in [-0.2, -0.15) is 0 Å². The average Bonchev–Trinajstić information content (AvgIpc) is 3.66. The summed E-state index contributed by atoms with van der Waals surface area (Å²) in [4.78, 5) is 0. The molecule has 4 aromatic carbocycles. The number of allylic oxidation sites excluding steroid dienone is 7. The number of nitrogens with zero attached hydrogens (tertiary/aromatic N) is 1. The molecule has 3 aliphatic rings. The molecule has 0 bridgehead atoms. The van der Waals surface area contributed by atoms with Crippen LogP contribution in [0.2, 0.25) is 0 Å². The molecular formula is C39H31N. The molecule has 1 aromatic heterocycles. The fourth-order valence-electron chi connectivity index (χ4n) is 7.21. The van der Waals surface area contributed by atoms with Crippen LogP contribution < -0.4 is 0 Å². The minimum atomic E-state index is -0.0797. The number of rotatable bonds is 4. The molecule has 1 heterocycles. The summed E-state index contributed by atoms with van der Waals surface area (Å²) in [7, 11) is 0. The highest BCUT2D eigenvalue weighted by molar-refractivity contribution is 6.13. The zero-order valence-electron chi connectivity index (χ0n) is 23.0. The Morgan fingerprint density at radius 2 is 1.62 bits per heavy atom. The molecule has 0 atom stereocenters. The molecule has 0 amide bonds. The van der Waals surface area contributed by atoms with E-state index < -0.39 is 0 Å². The van der Waals surface area contributed by atoms with Gasteiger partial charge in [-0.05, 0) is 88.6 Å². The second kappa shape index (κ2) is 8.71. The molecule has 0 N–H and O–H groups in total. The van der Waals surface area contributed by atoms with Crippen LogP contribution in [0.1, 0.15) is 48.9 Å². The van der Waals surface area contributed by atoms with Crippen LogP contribution in [0, 0.1) is 0 Å². The molecule has 5 aromatic rings. The summed E-state index contributed by atoms with van der Waals surface area (Å²) < 4.78 is 2.52. The summed E-state index contributed by atoms with van der Waals surface area (Å²) in [5.74, 6) is 0. The minimum Gasteiger partial charge on any atom is -0.309 e. The lowest BCUT2D eigenvalue weighted by Gasteiger charge is -2.24. The number of hydrogen-bond donors (Lipinski definition) is 0. The van der Waals surface area contributed by atoms with E-state index in [0.29, 0.717) is 0 Å². The third-order valence-corrected chi connectivity index (χ3v) is 9.15. The van der Waals surface area contributed by atoms with Gasteiger partial charge in [-0.25, -0.2) is 0 Å². The van der Waals surface area contributed by atoms with Gasteiger partial charge in [0, 0.05) is 21.9 Å². The van der Waals surface area contributed by atoms with E-state index >= 15 is 0 Å². The first-order valence-corrected chi connectivity index (χ1v) is 14.4. The highest BCUT2D eigenvalue weighted by Gasteiger charge is 2.39. The third-order valence-electron chi connectivity index (χ3n) is 9.15. The van der Waals surface area contributed by atoms with Crippen LogP contribution in [0.4, 0.5) is 0 Å². The maximum Gasteiger partial charge on any atom is 0.0588 e. The van der Waals surface area contributed by atoms with Crippen molar-refractivity contribution in [2.45, 2.75) is 38.5 Å². The van der Waals surface area contributed by atoms with Crippen molar-refractivity contribution in [1.29, 1.82) is 0 Å². The number of para-hydroxylation sites is 1. The van der Waals surface area contributed by atoms with Gasteiger partial charge in [-0.1, -0.05) is 104 Å². The van der Waals surface area contributed by atoms with Crippen molar-refractivity contribution in [2.24, 2.45) is 0 Å². The Hall–Kier alpha value is -4.58. The van der Waals surface area contributed by atoms with Crippen LogP contribution in [0.25, 0.3) is 38.6 Å². The Bertz CT molecular complexity index is 2010. The summed E-state index contributed by atoms with van der Waals surface area (Å²) in [5.41, 5.74) is 18.3. The maximum atomic E-state index is 3.36. The zero-order valence-corrected chi connectivity index (χ0v) is 23.0. The van der Waals surface area contributed by atoms with Crippen molar-refractivity contribution in [1.82, 2.24) is 4.57 Å². The third kappa shape index (κ3) is 3.41. The van der Waals surface area contributed by atoms with E-state index in [2.05, 4.69) is 139 Å². The standard InChI is InChI=1S/C39H31N/c1-39(2)35-16-9-15-31(35)33-22-23-34-32-14-6-7-17-36(32)40(38(34)37(33)39)30-13-8-10-27(25-30)24-26-18-20-29(21-19-26)28-11-4-3-5-12-28/h3-8,10-18,20,22-23,25H,19,21,24H2,1-2H3. The smallest absolute Gasteiger partial charge is 0.0588 e. The molecule has 1 heteroatoms. The average molecular weight is 514 g/mol. The normalized spacial score (nSPS) is 16.9. The molecule has 0 aliphatic heterocycles. The van der Waals surface area contributed by atoms with Gasteiger partial charge in [-0.3, -0.25) is 0 Å². The maximum absolute atomic E-state index is 3.36. The van der Waals surface area contributed by atoms with E-state index in [4.69, 9.17) is 0 Å². The molecule has 0 saturated heterocycles. The lowest BCUT2D eigenvalue weighted by atomic mass is 9.80. The van der Waals surface area contributed by atoms with Crippen molar-refractivity contribution >= 4 is 33.0 Å². The first-order valence-electron chi connectivity index (χ1n) is 14.4. The Balaban J connectivity index is 1.25. The summed E-state index contributed by atoms with van der Waals surface area (Å²) in [6.45, 7) is 4.74. The summed E-state index contributed by atoms with van der Waals surface area (Å²) in [6.07, 6.45) is 12.2. The number of benzene rings is 4. The van der Waals surface area contributed by atoms with Crippen molar-refractivity contribution in [3.8, 4) is 5.69 Å². The van der Waals surface area contributed by atoms with Crippen LogP contribution in [0.15, 0.2) is 132 Å². The zero-order chi connectivity index (χ0) is 26.8. The molecule has 3 aliphatic carbocycles. The van der Waals surface area contributed by atoms with Crippen LogP contribution in [0.3, 0.4) is 0 Å². The van der Waals surface area contributed by atoms with Crippen molar-refractivity contribution in [3.63, 3.8) is 0 Å². The number of aromatic nitrogens is 1. The predicted molar refractivity (Wildman–Crippen MR) is 169 cm³/mol. The van der Waals surface area contributed by atoms with Gasteiger partial charge in [0.2, 0.25) is 0 Å². The van der Waals surface area contributed by atoms with Gasteiger partial charge in [0.05, 0.1) is 11.0 Å². The van der Waals surface area contributed by atoms with E-state index in [-0.39, 0.29) is 5.41 Å². The topological polar surface area (TPSA) is 4.93 Å². The van der Waals surface area contributed by atoms with Crippen LogP contribution in [-0.4, -0.2) is 4.57 Å². The fourth-order valence-corrected chi connectivity index (χ4v) is 7.21. The van der Waals surface area contributed by atoms with E-state index in [0.717, 1.165) is 19.3 Å². The SMILES string of the molecule is CC1(C)C2=C(C=C=C2)c2ccc3c4ccccc4n(-c4cccc(CC5=CC=C(c6ccccc6)CC5)c4)c3c21. The van der Waals surface area contributed by atoms with Gasteiger partial charge in [0.25, 0.3) is 0 Å². The first-order chi connectivity index (χ1) is 19.6. The summed E-state index contributed by atoms with van der Waals surface area (Å²) >= 11 is 0. The highest BCUT2D eigenvalue weighted by atomic mass is 15.0. The summed E-state index contributed by atoms with van der Waals surface area (Å²) in [5, 5.41) is 2.64. The Kier molecular flexibility index (Phi) is 5.08. The molecule has 1 nitrogen and oxygen atoms in total. The predicted octanol–water partition coefficient (Wildman–Crippen LogP) is 9.90. The Labute approximate surface area is 235 Å². The fraction of sp³-hybridized carbons (Fsp3) is 0.154. The molecule has 8 rings (SSSR count). The van der Waals surface area contributed by atoms with Gasteiger partial charge in [0.15, 0.2) is 0 Å². The molecular weight excluding hydrogens is 482 g/mol. The quantitative estimate of drug-likeness (QED) is 0.211. The van der Waals surface area contributed by atoms with Gasteiger partial charge < -0.3 is 4.57 Å². The van der Waals surface area contributed by atoms with Gasteiger partial charge in [-0.15, -0.1) is 5.73 Å². The van der Waals surface area contributed by atoms with Crippen LogP contribution in [0.5, 0.6) is 0 Å². The van der Waals surface area contributed by atoms with Crippen molar-refractivity contribution < 1.29 is 0 Å². The van der Waals surface area contributed by atoms with E-state index in [1.807, 2.05) is 0 Å². The Morgan fingerprint density at radius 1 is 0.775 bits per heavy atom. The summed E-state index contributed by atoms with van der Waals surface area (Å²) in [6, 6.07) is 33.5. The first kappa shape index (κ1) is 23.3. The monoisotopic (exact) mass is 513 g/mol. The highest BCUT2D eigenvalue weighted by Crippen LogP contribution is 2.52. The van der Waals surface area contributed by atoms with Crippen LogP contribution in [-0.2, 0) is 11.8 Å². The van der Waals surface area contributed by atoms with E-state index in [1.54, 1.807) is 0 Å². The largest absolute Gasteiger partial charge is 0.309 e. The van der Waals surface area contributed by atoms with Crippen LogP contribution >= 0.6 is 0 Å². The van der Waals surface area contributed by atoms with Gasteiger partial charge in [0.1, 0.15) is 0 Å². The van der Waals surface area contributed by atoms with Crippen molar-refractivity contribution in [2.75, 3.05) is 0 Å². The lowest BCUT2D eigenvalue weighted by Crippen LogP contribution is -2.17. The van der Waals surface area contributed by atoms with E-state index in [9.17, 15) is 0 Å². The second-order valence-electron chi connectivity index (χ2n) is 11.9. The van der Waals surface area contributed by atoms with E-state index in [1.165, 1.54) is 72.0 Å². The Morgan fingerprint density at radius 3 is 2.48 bits per heavy atom. The molecule has 0 radical (unpaired) electrons. The number of hydrogen-bond acceptors (Lipinski definition) is 0. The lowest BCUT2D eigenvalue weighted by molar-refractivity contribution is 0.658. The minimum absolute atomic E-state index is 0.0797. The molecule has 0 saturated carbocycles. The molecule has 0 fully saturated rings. The second-order valence-corrected chi connectivity index (χ2v) is 11.9. The molecule has 192 valence electrons. The van der Waals surface area contributed by atoms with Gasteiger partial charge >= 0.3 is 0 Å². The molecule has 40 heavy (non-hydrogen) atoms. The molecule has 0 unspecified atom stereocenters. The molecule has 0 spiro atoms. The van der Waals surface area contributed by atoms with Crippen molar-refractivity contribution in [3.05, 3.63) is 154 Å². The number of fused-ring (bicyclic) bond motifs is 6.